The molecule has 10 heteroatoms. The molecule has 1 atom stereocenters. The van der Waals surface area contributed by atoms with Crippen molar-refractivity contribution in [3.63, 3.8) is 0 Å². The van der Waals surface area contributed by atoms with Crippen LogP contribution in [0.1, 0.15) is 39.7 Å². The molecule has 1 aliphatic heterocycles. The number of benzene rings is 1. The van der Waals surface area contributed by atoms with Crippen LogP contribution in [0.25, 0.3) is 17.1 Å². The summed E-state index contributed by atoms with van der Waals surface area (Å²) in [6, 6.07) is 12.8. The van der Waals surface area contributed by atoms with Crippen molar-refractivity contribution < 1.29 is 19.1 Å². The summed E-state index contributed by atoms with van der Waals surface area (Å²) in [4.78, 5) is 35.1. The van der Waals surface area contributed by atoms with E-state index in [0.29, 0.717) is 34.4 Å². The first-order valence-corrected chi connectivity index (χ1v) is 9.79. The van der Waals surface area contributed by atoms with Gasteiger partial charge in [0.1, 0.15) is 17.3 Å². The van der Waals surface area contributed by atoms with Crippen molar-refractivity contribution in [1.29, 1.82) is 0 Å². The largest absolute Gasteiger partial charge is 0.478 e. The number of amides is 1. The number of aromatic amines is 1. The van der Waals surface area contributed by atoms with Crippen LogP contribution in [0.15, 0.2) is 57.7 Å². The number of aromatic nitrogens is 4. The summed E-state index contributed by atoms with van der Waals surface area (Å²) < 4.78 is 7.54. The van der Waals surface area contributed by atoms with Crippen molar-refractivity contribution in [1.82, 2.24) is 20.0 Å². The van der Waals surface area contributed by atoms with Crippen LogP contribution in [-0.2, 0) is 4.79 Å². The molecule has 3 aromatic heterocycles. The van der Waals surface area contributed by atoms with Gasteiger partial charge in [0.2, 0.25) is 5.91 Å². The fourth-order valence-corrected chi connectivity index (χ4v) is 3.91. The fraction of sp³-hybridized carbons (Fsp3) is 0.136. The minimum atomic E-state index is -1.02. The lowest BCUT2D eigenvalue weighted by Gasteiger charge is -2.22. The SMILES string of the molecule is Cc1nn(-c2ccc(=O)[nH]n2)c2c1[C@H](c1ccc(-c3cccc(C(=O)O)c3)o1)CC(=O)N2. The predicted octanol–water partition coefficient (Wildman–Crippen LogP) is 2.70. The Balaban J connectivity index is 1.57. The highest BCUT2D eigenvalue weighted by Gasteiger charge is 2.34. The number of fused-ring (bicyclic) bond motifs is 1. The first-order chi connectivity index (χ1) is 15.4. The fourth-order valence-electron chi connectivity index (χ4n) is 3.91. The second-order valence-corrected chi connectivity index (χ2v) is 7.43. The zero-order valence-corrected chi connectivity index (χ0v) is 16.8. The number of H-pyrrole nitrogens is 1. The number of carboxylic acids is 1. The second-order valence-electron chi connectivity index (χ2n) is 7.43. The number of furan rings is 1. The normalized spacial score (nSPS) is 15.3. The van der Waals surface area contributed by atoms with Crippen molar-refractivity contribution in [2.45, 2.75) is 19.3 Å². The van der Waals surface area contributed by atoms with Crippen molar-refractivity contribution in [2.24, 2.45) is 0 Å². The average Bonchev–Trinajstić information content (AvgIpc) is 3.39. The van der Waals surface area contributed by atoms with E-state index in [-0.39, 0.29) is 29.4 Å². The van der Waals surface area contributed by atoms with Crippen LogP contribution in [0, 0.1) is 6.92 Å². The lowest BCUT2D eigenvalue weighted by atomic mass is 9.90. The van der Waals surface area contributed by atoms with E-state index in [1.807, 2.05) is 6.92 Å². The molecule has 0 fully saturated rings. The highest BCUT2D eigenvalue weighted by molar-refractivity contribution is 5.95. The van der Waals surface area contributed by atoms with E-state index in [1.165, 1.54) is 28.9 Å². The van der Waals surface area contributed by atoms with Gasteiger partial charge in [-0.25, -0.2) is 9.89 Å². The van der Waals surface area contributed by atoms with Gasteiger partial charge in [0, 0.05) is 23.6 Å². The monoisotopic (exact) mass is 431 g/mol. The smallest absolute Gasteiger partial charge is 0.335 e. The molecule has 4 heterocycles. The molecule has 0 aliphatic carbocycles. The topological polar surface area (TPSA) is 143 Å². The summed E-state index contributed by atoms with van der Waals surface area (Å²) in [6.07, 6.45) is 0.167. The molecule has 1 amide bonds. The first kappa shape index (κ1) is 19.5. The summed E-state index contributed by atoms with van der Waals surface area (Å²) >= 11 is 0. The molecule has 4 aromatic rings. The Labute approximate surface area is 180 Å². The average molecular weight is 431 g/mol. The zero-order chi connectivity index (χ0) is 22.4. The Morgan fingerprint density at radius 2 is 2.03 bits per heavy atom. The van der Waals surface area contributed by atoms with E-state index in [9.17, 15) is 19.5 Å². The molecule has 10 nitrogen and oxygen atoms in total. The number of nitrogens with one attached hydrogen (secondary N) is 2. The first-order valence-electron chi connectivity index (χ1n) is 9.79. The number of rotatable bonds is 4. The van der Waals surface area contributed by atoms with E-state index in [0.717, 1.165) is 5.56 Å². The van der Waals surface area contributed by atoms with Gasteiger partial charge in [0.05, 0.1) is 17.2 Å². The zero-order valence-electron chi connectivity index (χ0n) is 16.8. The highest BCUT2D eigenvalue weighted by atomic mass is 16.4. The van der Waals surface area contributed by atoms with E-state index < -0.39 is 5.97 Å². The van der Waals surface area contributed by atoms with Gasteiger partial charge in [-0.15, -0.1) is 0 Å². The van der Waals surface area contributed by atoms with Gasteiger partial charge in [0.15, 0.2) is 5.82 Å². The summed E-state index contributed by atoms with van der Waals surface area (Å²) in [7, 11) is 0. The van der Waals surface area contributed by atoms with Crippen LogP contribution in [0.3, 0.4) is 0 Å². The number of aryl methyl sites for hydroxylation is 1. The van der Waals surface area contributed by atoms with E-state index >= 15 is 0 Å². The maximum atomic E-state index is 12.5. The highest BCUT2D eigenvalue weighted by Crippen LogP contribution is 2.41. The number of carbonyl (C=O) groups excluding carboxylic acids is 1. The Kier molecular flexibility index (Phi) is 4.47. The lowest BCUT2D eigenvalue weighted by Crippen LogP contribution is -2.25. The number of anilines is 1. The van der Waals surface area contributed by atoms with Gasteiger partial charge in [-0.3, -0.25) is 9.59 Å². The van der Waals surface area contributed by atoms with E-state index in [1.54, 1.807) is 24.3 Å². The van der Waals surface area contributed by atoms with Gasteiger partial charge >= 0.3 is 5.97 Å². The second kappa shape index (κ2) is 7.34. The maximum Gasteiger partial charge on any atom is 0.335 e. The van der Waals surface area contributed by atoms with Crippen molar-refractivity contribution >= 4 is 17.7 Å². The molecular formula is C22H17N5O5. The van der Waals surface area contributed by atoms with Gasteiger partial charge < -0.3 is 14.8 Å². The molecule has 0 unspecified atom stereocenters. The van der Waals surface area contributed by atoms with E-state index in [2.05, 4.69) is 20.6 Å². The molecule has 1 aromatic carbocycles. The number of hydrogen-bond acceptors (Lipinski definition) is 6. The molecular weight excluding hydrogens is 414 g/mol. The molecule has 0 saturated carbocycles. The van der Waals surface area contributed by atoms with Gasteiger partial charge in [-0.1, -0.05) is 12.1 Å². The Hall–Kier alpha value is -4.47. The number of hydrogen-bond donors (Lipinski definition) is 3. The molecule has 0 spiro atoms. The quantitative estimate of drug-likeness (QED) is 0.451. The lowest BCUT2D eigenvalue weighted by molar-refractivity contribution is -0.116. The molecule has 32 heavy (non-hydrogen) atoms. The van der Waals surface area contributed by atoms with Gasteiger partial charge in [-0.2, -0.15) is 14.9 Å². The molecule has 1 aliphatic rings. The molecule has 0 saturated heterocycles. The Morgan fingerprint density at radius 1 is 1.19 bits per heavy atom. The summed E-state index contributed by atoms with van der Waals surface area (Å²) in [5.74, 6) is 0.281. The van der Waals surface area contributed by atoms with Crippen LogP contribution in [0.5, 0.6) is 0 Å². The van der Waals surface area contributed by atoms with Crippen LogP contribution in [-0.4, -0.2) is 37.0 Å². The van der Waals surface area contributed by atoms with Crippen LogP contribution in [0.2, 0.25) is 0 Å². The summed E-state index contributed by atoms with van der Waals surface area (Å²) in [6.45, 7) is 1.83. The standard InChI is InChI=1S/C22H17N5O5/c1-11-20-14(16-6-5-15(32-16)12-3-2-4-13(9-12)22(30)31)10-19(29)23-21(20)27(26-11)17-7-8-18(28)25-24-17/h2-9,14H,10H2,1H3,(H,23,29)(H,25,28)(H,30,31)/t14-/m0/s1. The van der Waals surface area contributed by atoms with Crippen LogP contribution < -0.4 is 10.9 Å². The number of carbonyl (C=O) groups is 2. The molecule has 0 bridgehead atoms. The third-order valence-electron chi connectivity index (χ3n) is 5.35. The van der Waals surface area contributed by atoms with Crippen molar-refractivity contribution in [3.05, 3.63) is 81.5 Å². The molecule has 5 rings (SSSR count). The van der Waals surface area contributed by atoms with Gasteiger partial charge in [0.25, 0.3) is 5.56 Å². The van der Waals surface area contributed by atoms with Crippen LogP contribution in [0.4, 0.5) is 5.82 Å². The number of nitrogens with zero attached hydrogens (tertiary/aromatic N) is 3. The summed E-state index contributed by atoms with van der Waals surface area (Å²) in [5.41, 5.74) is 1.91. The van der Waals surface area contributed by atoms with Crippen LogP contribution >= 0.6 is 0 Å². The number of aromatic carboxylic acids is 1. The third-order valence-corrected chi connectivity index (χ3v) is 5.35. The Morgan fingerprint density at radius 3 is 2.78 bits per heavy atom. The van der Waals surface area contributed by atoms with E-state index in [4.69, 9.17) is 4.42 Å². The summed E-state index contributed by atoms with van der Waals surface area (Å²) in [5, 5.41) is 23.0. The van der Waals surface area contributed by atoms with Crippen molar-refractivity contribution in [3.8, 4) is 17.1 Å². The maximum absolute atomic E-state index is 12.5. The predicted molar refractivity (Wildman–Crippen MR) is 113 cm³/mol. The molecule has 0 radical (unpaired) electrons. The molecule has 160 valence electrons. The third kappa shape index (κ3) is 3.27. The number of carboxylic acid groups (broad SMARTS) is 1. The minimum Gasteiger partial charge on any atom is -0.478 e. The molecule has 3 N–H and O–H groups in total. The van der Waals surface area contributed by atoms with Gasteiger partial charge in [-0.05, 0) is 37.3 Å². The minimum absolute atomic E-state index is 0.158. The Bertz CT molecular complexity index is 1410. The van der Waals surface area contributed by atoms with Crippen molar-refractivity contribution in [2.75, 3.05) is 5.32 Å².